The number of ether oxygens (including phenoxy) is 1. The smallest absolute Gasteiger partial charge is 0.253 e. The number of halogens is 1. The molecule has 0 aromatic heterocycles. The number of nitrogens with zero attached hydrogens (tertiary/aromatic N) is 3. The molecule has 0 N–H and O–H groups in total. The zero-order valence-electron chi connectivity index (χ0n) is 17.3. The Kier molecular flexibility index (Phi) is 6.13. The van der Waals surface area contributed by atoms with E-state index in [1.807, 2.05) is 12.1 Å². The summed E-state index contributed by atoms with van der Waals surface area (Å²) in [6, 6.07) is 14.2. The Morgan fingerprint density at radius 2 is 1.61 bits per heavy atom. The molecule has 7 nitrogen and oxygen atoms in total. The Morgan fingerprint density at radius 1 is 0.968 bits per heavy atom. The van der Waals surface area contributed by atoms with E-state index in [4.69, 9.17) is 16.3 Å². The van der Waals surface area contributed by atoms with Gasteiger partial charge in [-0.15, -0.1) is 0 Å². The zero-order chi connectivity index (χ0) is 22.0. The third kappa shape index (κ3) is 4.37. The number of carbonyl (C=O) groups excluding carboxylic acids is 3. The minimum absolute atomic E-state index is 0.0422. The molecule has 4 rings (SSSR count). The van der Waals surface area contributed by atoms with E-state index in [1.54, 1.807) is 58.2 Å². The van der Waals surface area contributed by atoms with Crippen molar-refractivity contribution in [1.82, 2.24) is 9.80 Å². The number of methoxy groups -OCH3 is 1. The number of rotatable bonds is 4. The molecule has 162 valence electrons. The minimum Gasteiger partial charge on any atom is -0.497 e. The van der Waals surface area contributed by atoms with Crippen molar-refractivity contribution in [2.75, 3.05) is 44.7 Å². The van der Waals surface area contributed by atoms with Crippen LogP contribution in [0, 0.1) is 5.92 Å². The summed E-state index contributed by atoms with van der Waals surface area (Å²) in [4.78, 5) is 43.3. The van der Waals surface area contributed by atoms with E-state index in [0.717, 1.165) is 0 Å². The molecular formula is C23H24ClN3O4. The number of hydrogen-bond donors (Lipinski definition) is 0. The van der Waals surface area contributed by atoms with Crippen molar-refractivity contribution >= 4 is 35.0 Å². The summed E-state index contributed by atoms with van der Waals surface area (Å²) in [5.41, 5.74) is 1.23. The van der Waals surface area contributed by atoms with Gasteiger partial charge in [-0.05, 0) is 36.4 Å². The van der Waals surface area contributed by atoms with Crippen molar-refractivity contribution < 1.29 is 19.1 Å². The molecule has 31 heavy (non-hydrogen) atoms. The van der Waals surface area contributed by atoms with Gasteiger partial charge in [0, 0.05) is 44.7 Å². The maximum atomic E-state index is 13.0. The fourth-order valence-electron chi connectivity index (χ4n) is 4.08. The third-order valence-electron chi connectivity index (χ3n) is 5.83. The first-order valence-electron chi connectivity index (χ1n) is 10.2. The van der Waals surface area contributed by atoms with Crippen LogP contribution in [0.1, 0.15) is 16.8 Å². The molecular weight excluding hydrogens is 418 g/mol. The van der Waals surface area contributed by atoms with Gasteiger partial charge in [0.15, 0.2) is 0 Å². The third-order valence-corrected chi connectivity index (χ3v) is 6.15. The van der Waals surface area contributed by atoms with Gasteiger partial charge < -0.3 is 19.4 Å². The van der Waals surface area contributed by atoms with Crippen LogP contribution < -0.4 is 9.64 Å². The minimum atomic E-state index is -0.396. The summed E-state index contributed by atoms with van der Waals surface area (Å²) in [5, 5.41) is 0.495. The summed E-state index contributed by atoms with van der Waals surface area (Å²) >= 11 is 6.23. The lowest BCUT2D eigenvalue weighted by Crippen LogP contribution is -2.52. The van der Waals surface area contributed by atoms with Gasteiger partial charge in [0.05, 0.1) is 23.7 Å². The quantitative estimate of drug-likeness (QED) is 0.731. The molecule has 2 aliphatic heterocycles. The highest BCUT2D eigenvalue weighted by Gasteiger charge is 2.38. The van der Waals surface area contributed by atoms with Crippen LogP contribution >= 0.6 is 11.6 Å². The van der Waals surface area contributed by atoms with E-state index in [9.17, 15) is 14.4 Å². The number of para-hydroxylation sites is 1. The van der Waals surface area contributed by atoms with Crippen molar-refractivity contribution in [3.05, 3.63) is 59.1 Å². The summed E-state index contributed by atoms with van der Waals surface area (Å²) in [6.07, 6.45) is 0.176. The lowest BCUT2D eigenvalue weighted by Gasteiger charge is -2.36. The molecule has 2 aromatic rings. The highest BCUT2D eigenvalue weighted by Crippen LogP contribution is 2.31. The second kappa shape index (κ2) is 8.98. The number of carbonyl (C=O) groups is 3. The van der Waals surface area contributed by atoms with Gasteiger partial charge in [-0.3, -0.25) is 14.4 Å². The summed E-state index contributed by atoms with van der Waals surface area (Å²) in [7, 11) is 1.58. The molecule has 0 aliphatic carbocycles. The lowest BCUT2D eigenvalue weighted by atomic mass is 10.1. The molecule has 2 saturated heterocycles. The average Bonchev–Trinajstić information content (AvgIpc) is 3.20. The number of amides is 3. The van der Waals surface area contributed by atoms with E-state index in [0.29, 0.717) is 54.7 Å². The monoisotopic (exact) mass is 441 g/mol. The first-order valence-corrected chi connectivity index (χ1v) is 10.6. The van der Waals surface area contributed by atoms with Crippen LogP contribution in [0.2, 0.25) is 5.02 Å². The van der Waals surface area contributed by atoms with Crippen molar-refractivity contribution in [2.24, 2.45) is 5.92 Å². The molecule has 2 fully saturated rings. The van der Waals surface area contributed by atoms with Crippen LogP contribution in [0.15, 0.2) is 48.5 Å². The van der Waals surface area contributed by atoms with Crippen molar-refractivity contribution in [1.29, 1.82) is 0 Å². The Bertz CT molecular complexity index is 987. The van der Waals surface area contributed by atoms with Gasteiger partial charge >= 0.3 is 0 Å². The van der Waals surface area contributed by atoms with Crippen molar-refractivity contribution in [3.8, 4) is 5.75 Å². The number of piperazine rings is 1. The van der Waals surface area contributed by atoms with Gasteiger partial charge in [0.25, 0.3) is 5.91 Å². The van der Waals surface area contributed by atoms with E-state index in [1.165, 1.54) is 0 Å². The summed E-state index contributed by atoms with van der Waals surface area (Å²) in [6.45, 7) is 2.17. The van der Waals surface area contributed by atoms with Crippen LogP contribution in [0.3, 0.4) is 0 Å². The first-order chi connectivity index (χ1) is 15.0. The zero-order valence-corrected chi connectivity index (χ0v) is 18.0. The van der Waals surface area contributed by atoms with Gasteiger partial charge in [-0.25, -0.2) is 0 Å². The van der Waals surface area contributed by atoms with Gasteiger partial charge in [0.1, 0.15) is 5.75 Å². The normalized spacial score (nSPS) is 19.0. The van der Waals surface area contributed by atoms with Crippen LogP contribution in [0.4, 0.5) is 5.69 Å². The van der Waals surface area contributed by atoms with E-state index in [2.05, 4.69) is 0 Å². The summed E-state index contributed by atoms with van der Waals surface area (Å²) < 4.78 is 5.13. The molecule has 0 spiro atoms. The van der Waals surface area contributed by atoms with E-state index in [-0.39, 0.29) is 24.1 Å². The van der Waals surface area contributed by atoms with Gasteiger partial charge in [-0.2, -0.15) is 0 Å². The highest BCUT2D eigenvalue weighted by atomic mass is 35.5. The molecule has 2 aromatic carbocycles. The summed E-state index contributed by atoms with van der Waals surface area (Å²) in [5.74, 6) is 0.103. The van der Waals surface area contributed by atoms with E-state index < -0.39 is 5.92 Å². The Morgan fingerprint density at radius 3 is 2.26 bits per heavy atom. The predicted octanol–water partition coefficient (Wildman–Crippen LogP) is 2.69. The molecule has 1 atom stereocenters. The van der Waals surface area contributed by atoms with Crippen LogP contribution in [0.5, 0.6) is 5.75 Å². The molecule has 0 bridgehead atoms. The standard InChI is InChI=1S/C23H24ClN3O4/c1-31-18-8-6-16(7-9-18)22(29)25-10-12-26(13-11-25)23(30)17-14-21(28)27(15-17)20-5-3-2-4-19(20)24/h2-9,17H,10-15H2,1H3. The molecule has 2 aliphatic rings. The molecule has 0 saturated carbocycles. The number of anilines is 1. The molecule has 2 heterocycles. The predicted molar refractivity (Wildman–Crippen MR) is 117 cm³/mol. The molecule has 0 radical (unpaired) electrons. The highest BCUT2D eigenvalue weighted by molar-refractivity contribution is 6.33. The number of benzene rings is 2. The average molecular weight is 442 g/mol. The second-order valence-corrected chi connectivity index (χ2v) is 8.11. The van der Waals surface area contributed by atoms with E-state index >= 15 is 0 Å². The SMILES string of the molecule is COc1ccc(C(=O)N2CCN(C(=O)C3CC(=O)N(c4ccccc4Cl)C3)CC2)cc1. The van der Waals surface area contributed by atoms with Gasteiger partial charge in [-0.1, -0.05) is 23.7 Å². The van der Waals surface area contributed by atoms with Crippen molar-refractivity contribution in [3.63, 3.8) is 0 Å². The van der Waals surface area contributed by atoms with Crippen molar-refractivity contribution in [2.45, 2.75) is 6.42 Å². The molecule has 1 unspecified atom stereocenters. The lowest BCUT2D eigenvalue weighted by molar-refractivity contribution is -0.137. The maximum Gasteiger partial charge on any atom is 0.253 e. The maximum absolute atomic E-state index is 13.0. The van der Waals surface area contributed by atoms with Crippen LogP contribution in [-0.4, -0.2) is 67.4 Å². The Hall–Kier alpha value is -3.06. The largest absolute Gasteiger partial charge is 0.497 e. The topological polar surface area (TPSA) is 70.2 Å². The fourth-order valence-corrected chi connectivity index (χ4v) is 4.32. The molecule has 3 amide bonds. The molecule has 8 heteroatoms. The first kappa shape index (κ1) is 21.2. The Labute approximate surface area is 186 Å². The number of hydrogen-bond acceptors (Lipinski definition) is 4. The Balaban J connectivity index is 1.34. The second-order valence-electron chi connectivity index (χ2n) is 7.70. The van der Waals surface area contributed by atoms with Crippen LogP contribution in [-0.2, 0) is 9.59 Å². The fraction of sp³-hybridized carbons (Fsp3) is 0.348. The van der Waals surface area contributed by atoms with Gasteiger partial charge in [0.2, 0.25) is 11.8 Å². The van der Waals surface area contributed by atoms with Crippen LogP contribution in [0.25, 0.3) is 0 Å².